The first-order valence-corrected chi connectivity index (χ1v) is 9.99. The first-order chi connectivity index (χ1) is 14.6. The predicted molar refractivity (Wildman–Crippen MR) is 115 cm³/mol. The van der Waals surface area contributed by atoms with Gasteiger partial charge in [-0.1, -0.05) is 35.9 Å². The zero-order valence-corrected chi connectivity index (χ0v) is 16.9. The number of nitrogens with zero attached hydrogens (tertiary/aromatic N) is 2. The second-order valence-corrected chi connectivity index (χ2v) is 7.81. The summed E-state index contributed by atoms with van der Waals surface area (Å²) in [5.41, 5.74) is 3.03. The van der Waals surface area contributed by atoms with Gasteiger partial charge in [-0.25, -0.2) is 9.67 Å². The average Bonchev–Trinajstić information content (AvgIpc) is 3.10. The van der Waals surface area contributed by atoms with Crippen molar-refractivity contribution in [3.05, 3.63) is 86.8 Å². The number of hydrogen-bond donors (Lipinski definition) is 1. The van der Waals surface area contributed by atoms with Crippen LogP contribution in [0.1, 0.15) is 33.8 Å². The van der Waals surface area contributed by atoms with Crippen LogP contribution in [-0.4, -0.2) is 27.7 Å². The Labute approximate surface area is 177 Å². The van der Waals surface area contributed by atoms with E-state index in [0.717, 1.165) is 16.9 Å². The highest BCUT2D eigenvalue weighted by Gasteiger charge is 2.31. The van der Waals surface area contributed by atoms with Gasteiger partial charge in [0.05, 0.1) is 18.2 Å². The Balaban J connectivity index is 1.68. The highest BCUT2D eigenvalue weighted by molar-refractivity contribution is 6.30. The number of nitrogens with one attached hydrogen (secondary N) is 1. The van der Waals surface area contributed by atoms with Gasteiger partial charge < -0.3 is 4.74 Å². The minimum absolute atomic E-state index is 0.0172. The average molecular weight is 420 g/mol. The molecule has 0 aliphatic heterocycles. The molecule has 30 heavy (non-hydrogen) atoms. The van der Waals surface area contributed by atoms with E-state index in [0.29, 0.717) is 40.1 Å². The van der Waals surface area contributed by atoms with E-state index in [2.05, 4.69) is 10.1 Å². The minimum Gasteiger partial charge on any atom is -0.496 e. The maximum atomic E-state index is 13.3. The van der Waals surface area contributed by atoms with E-state index in [1.165, 1.54) is 4.68 Å². The Hall–Kier alpha value is -3.38. The predicted octanol–water partition coefficient (Wildman–Crippen LogP) is 4.29. The molecule has 0 saturated carbocycles. The van der Waals surface area contributed by atoms with Crippen LogP contribution in [0.2, 0.25) is 5.02 Å². The number of aromatic amines is 1. The molecule has 2 aromatic heterocycles. The maximum absolute atomic E-state index is 13.3. The van der Waals surface area contributed by atoms with Crippen LogP contribution in [0.4, 0.5) is 0 Å². The first-order valence-electron chi connectivity index (χ1n) is 9.61. The molecule has 0 fully saturated rings. The molecule has 5 rings (SSSR count). The second kappa shape index (κ2) is 7.15. The van der Waals surface area contributed by atoms with E-state index in [1.807, 2.05) is 24.3 Å². The highest BCUT2D eigenvalue weighted by atomic mass is 35.5. The summed E-state index contributed by atoms with van der Waals surface area (Å²) >= 11 is 6.09. The number of carbonyl (C=O) groups is 1. The lowest BCUT2D eigenvalue weighted by atomic mass is 9.79. The Morgan fingerprint density at radius 1 is 1.13 bits per heavy atom. The third-order valence-electron chi connectivity index (χ3n) is 5.65. The molecule has 2 aromatic carbocycles. The van der Waals surface area contributed by atoms with Gasteiger partial charge in [0.1, 0.15) is 5.75 Å². The Morgan fingerprint density at radius 2 is 1.97 bits per heavy atom. The molecule has 0 spiro atoms. The lowest BCUT2D eigenvalue weighted by Crippen LogP contribution is -2.22. The number of Topliss-reactive ketones (excluding diaryl/α,β-unsaturated/α-hetero) is 1. The molecule has 6 nitrogen and oxygen atoms in total. The molecular formula is C23H18ClN3O3. The van der Waals surface area contributed by atoms with Gasteiger partial charge in [0.25, 0.3) is 5.56 Å². The van der Waals surface area contributed by atoms with Crippen LogP contribution in [0.3, 0.4) is 0 Å². The summed E-state index contributed by atoms with van der Waals surface area (Å²) in [6.45, 7) is 0. The third-order valence-corrected chi connectivity index (χ3v) is 5.88. The molecule has 0 saturated heterocycles. The summed E-state index contributed by atoms with van der Waals surface area (Å²) in [7, 11) is 1.62. The zero-order chi connectivity index (χ0) is 20.8. The summed E-state index contributed by atoms with van der Waals surface area (Å²) in [4.78, 5) is 30.6. The molecule has 0 unspecified atom stereocenters. The number of aromatic nitrogens is 3. The quantitative estimate of drug-likeness (QED) is 0.537. The van der Waals surface area contributed by atoms with Crippen molar-refractivity contribution < 1.29 is 9.53 Å². The minimum atomic E-state index is -0.245. The molecule has 2 heterocycles. The number of ether oxygens (including phenoxy) is 1. The van der Waals surface area contributed by atoms with Gasteiger partial charge in [0.15, 0.2) is 11.4 Å². The number of H-pyrrole nitrogens is 1. The van der Waals surface area contributed by atoms with Gasteiger partial charge in [0.2, 0.25) is 0 Å². The smallest absolute Gasteiger partial charge is 0.281 e. The largest absolute Gasteiger partial charge is 0.496 e. The fourth-order valence-corrected chi connectivity index (χ4v) is 4.44. The summed E-state index contributed by atoms with van der Waals surface area (Å²) in [5.74, 6) is 0.659. The number of carbonyl (C=O) groups excluding carboxylic acids is 1. The van der Waals surface area contributed by atoms with Gasteiger partial charge in [0, 0.05) is 23.2 Å². The van der Waals surface area contributed by atoms with Gasteiger partial charge in [-0.2, -0.15) is 0 Å². The second-order valence-electron chi connectivity index (χ2n) is 7.38. The lowest BCUT2D eigenvalue weighted by molar-refractivity contribution is 0.0964. The van der Waals surface area contributed by atoms with Crippen molar-refractivity contribution in [3.63, 3.8) is 0 Å². The summed E-state index contributed by atoms with van der Waals surface area (Å²) in [6.07, 6.45) is 2.48. The van der Waals surface area contributed by atoms with Crippen LogP contribution in [0.25, 0.3) is 16.7 Å². The van der Waals surface area contributed by atoms with E-state index in [1.54, 1.807) is 37.6 Å². The zero-order valence-electron chi connectivity index (χ0n) is 16.2. The molecule has 4 aromatic rings. The van der Waals surface area contributed by atoms with Crippen molar-refractivity contribution in [2.45, 2.75) is 18.8 Å². The molecule has 7 heteroatoms. The number of hydrogen-bond acceptors (Lipinski definition) is 4. The topological polar surface area (TPSA) is 77.0 Å². The van der Waals surface area contributed by atoms with Crippen LogP contribution < -0.4 is 10.3 Å². The third kappa shape index (κ3) is 2.92. The van der Waals surface area contributed by atoms with Gasteiger partial charge >= 0.3 is 0 Å². The summed E-state index contributed by atoms with van der Waals surface area (Å²) in [5, 5.41) is 4.02. The molecule has 1 aliphatic rings. The number of benzene rings is 2. The number of methoxy groups -OCH3 is 1. The summed E-state index contributed by atoms with van der Waals surface area (Å²) < 4.78 is 6.92. The van der Waals surface area contributed by atoms with Crippen molar-refractivity contribution >= 4 is 28.4 Å². The standard InChI is InChI=1S/C23H18ClN3O3/c1-30-20-8-3-2-7-16(20)13-9-17-18(19(28)10-13)12-25-22-21(17)23(29)27(26-22)15-6-4-5-14(24)11-15/h2-8,11-13H,9-10H2,1H3,(H,25,26)/t13-/m1/s1. The normalized spacial score (nSPS) is 15.9. The number of rotatable bonds is 3. The molecular weight excluding hydrogens is 402 g/mol. The van der Waals surface area contributed by atoms with Crippen LogP contribution in [-0.2, 0) is 6.42 Å². The van der Waals surface area contributed by atoms with E-state index >= 15 is 0 Å². The van der Waals surface area contributed by atoms with Gasteiger partial charge in [-0.05, 0) is 47.7 Å². The van der Waals surface area contributed by atoms with Crippen LogP contribution in [0.15, 0.2) is 59.5 Å². The number of ketones is 1. The van der Waals surface area contributed by atoms with Crippen molar-refractivity contribution in [2.75, 3.05) is 7.11 Å². The van der Waals surface area contributed by atoms with Crippen LogP contribution in [0, 0.1) is 0 Å². The van der Waals surface area contributed by atoms with Crippen molar-refractivity contribution in [3.8, 4) is 11.4 Å². The monoisotopic (exact) mass is 419 g/mol. The molecule has 0 bridgehead atoms. The number of pyridine rings is 1. The fourth-order valence-electron chi connectivity index (χ4n) is 4.26. The Bertz CT molecular complexity index is 1360. The molecule has 0 radical (unpaired) electrons. The molecule has 1 N–H and O–H groups in total. The van der Waals surface area contributed by atoms with Gasteiger partial charge in [-0.3, -0.25) is 14.7 Å². The number of para-hydroxylation sites is 1. The van der Waals surface area contributed by atoms with Crippen LogP contribution >= 0.6 is 11.6 Å². The van der Waals surface area contributed by atoms with Crippen molar-refractivity contribution in [1.29, 1.82) is 0 Å². The Kier molecular flexibility index (Phi) is 4.44. The van der Waals surface area contributed by atoms with E-state index in [9.17, 15) is 9.59 Å². The van der Waals surface area contributed by atoms with Gasteiger partial charge in [-0.15, -0.1) is 0 Å². The Morgan fingerprint density at radius 3 is 2.77 bits per heavy atom. The van der Waals surface area contributed by atoms with Crippen molar-refractivity contribution in [2.24, 2.45) is 0 Å². The molecule has 150 valence electrons. The van der Waals surface area contributed by atoms with E-state index in [-0.39, 0.29) is 17.3 Å². The lowest BCUT2D eigenvalue weighted by Gasteiger charge is -2.25. The van der Waals surface area contributed by atoms with Crippen molar-refractivity contribution in [1.82, 2.24) is 14.8 Å². The van der Waals surface area contributed by atoms with E-state index < -0.39 is 0 Å². The SMILES string of the molecule is COc1ccccc1[C@H]1CC(=O)c2cnc3[nH]n(-c4cccc(Cl)c4)c(=O)c3c2C1. The molecule has 1 atom stereocenters. The van der Waals surface area contributed by atoms with E-state index in [4.69, 9.17) is 16.3 Å². The first kappa shape index (κ1) is 18.6. The highest BCUT2D eigenvalue weighted by Crippen LogP contribution is 2.38. The fraction of sp³-hybridized carbons (Fsp3) is 0.174. The molecule has 1 aliphatic carbocycles. The maximum Gasteiger partial charge on any atom is 0.281 e. The van der Waals surface area contributed by atoms with Crippen LogP contribution in [0.5, 0.6) is 5.75 Å². The number of halogens is 1. The molecule has 0 amide bonds. The summed E-state index contributed by atoms with van der Waals surface area (Å²) in [6, 6.07) is 14.7. The number of fused-ring (bicyclic) bond motifs is 3.